The van der Waals surface area contributed by atoms with Gasteiger partial charge in [-0.05, 0) is 24.3 Å². The smallest absolute Gasteiger partial charge is 0.260 e. The lowest BCUT2D eigenvalue weighted by atomic mass is 10.1. The minimum atomic E-state index is -0.406. The number of aromatic amines is 1. The summed E-state index contributed by atoms with van der Waals surface area (Å²) in [5, 5.41) is 3.37. The predicted octanol–water partition coefficient (Wildman–Crippen LogP) is 1.82. The summed E-state index contributed by atoms with van der Waals surface area (Å²) in [6.07, 6.45) is 0. The lowest BCUT2D eigenvalue weighted by molar-refractivity contribution is -0.133. The first-order chi connectivity index (χ1) is 14.0. The van der Waals surface area contributed by atoms with Gasteiger partial charge in [0, 0.05) is 42.2 Å². The van der Waals surface area contributed by atoms with Crippen molar-refractivity contribution in [3.8, 4) is 5.75 Å². The Morgan fingerprint density at radius 1 is 1.17 bits per heavy atom. The highest BCUT2D eigenvalue weighted by atomic mass is 19.1. The molecule has 7 nitrogen and oxygen atoms in total. The van der Waals surface area contributed by atoms with Crippen LogP contribution in [0.15, 0.2) is 53.3 Å². The van der Waals surface area contributed by atoms with Crippen LogP contribution >= 0.6 is 0 Å². The molecule has 0 spiro atoms. The number of nitrogens with one attached hydrogen (secondary N) is 2. The number of para-hydroxylation sites is 1. The molecule has 2 amide bonds. The summed E-state index contributed by atoms with van der Waals surface area (Å²) in [6, 6.07) is 12.4. The van der Waals surface area contributed by atoms with E-state index in [-0.39, 0.29) is 43.3 Å². The minimum Gasteiger partial charge on any atom is -0.483 e. The molecule has 0 unspecified atom stereocenters. The molecule has 2 aromatic carbocycles. The van der Waals surface area contributed by atoms with E-state index in [1.165, 1.54) is 29.2 Å². The molecule has 29 heavy (non-hydrogen) atoms. The molecule has 0 bridgehead atoms. The van der Waals surface area contributed by atoms with Crippen molar-refractivity contribution in [1.29, 1.82) is 0 Å². The van der Waals surface area contributed by atoms with Gasteiger partial charge in [0.1, 0.15) is 11.6 Å². The van der Waals surface area contributed by atoms with Crippen molar-refractivity contribution in [3.05, 3.63) is 75.8 Å². The molecule has 4 rings (SSSR count). The fraction of sp³-hybridized carbons (Fsp3) is 0.190. The van der Waals surface area contributed by atoms with Crippen molar-refractivity contribution >= 4 is 22.7 Å². The maximum Gasteiger partial charge on any atom is 0.260 e. The number of pyridine rings is 1. The second-order valence-electron chi connectivity index (χ2n) is 6.70. The summed E-state index contributed by atoms with van der Waals surface area (Å²) in [6.45, 7) is 0.447. The molecule has 0 aliphatic carbocycles. The maximum absolute atomic E-state index is 13.5. The quantitative estimate of drug-likeness (QED) is 0.705. The molecular weight excluding hydrogens is 377 g/mol. The highest BCUT2D eigenvalue weighted by Crippen LogP contribution is 2.24. The Morgan fingerprint density at radius 2 is 2.00 bits per heavy atom. The van der Waals surface area contributed by atoms with Gasteiger partial charge in [-0.3, -0.25) is 14.4 Å². The molecular formula is C21H18FN3O4. The van der Waals surface area contributed by atoms with Gasteiger partial charge >= 0.3 is 0 Å². The van der Waals surface area contributed by atoms with Crippen LogP contribution in [0.2, 0.25) is 0 Å². The van der Waals surface area contributed by atoms with Crippen molar-refractivity contribution in [2.75, 3.05) is 19.7 Å². The Morgan fingerprint density at radius 3 is 2.86 bits per heavy atom. The zero-order valence-corrected chi connectivity index (χ0v) is 15.4. The normalized spacial score (nSPS) is 13.6. The van der Waals surface area contributed by atoms with Crippen LogP contribution in [0.4, 0.5) is 4.39 Å². The van der Waals surface area contributed by atoms with Crippen LogP contribution in [-0.2, 0) is 11.3 Å². The zero-order valence-electron chi connectivity index (χ0n) is 15.4. The third kappa shape index (κ3) is 3.96. The monoisotopic (exact) mass is 395 g/mol. The molecule has 2 heterocycles. The lowest BCUT2D eigenvalue weighted by Gasteiger charge is -2.20. The summed E-state index contributed by atoms with van der Waals surface area (Å²) in [5.74, 6) is -0.591. The van der Waals surface area contributed by atoms with Crippen LogP contribution in [0.5, 0.6) is 5.75 Å². The summed E-state index contributed by atoms with van der Waals surface area (Å²) < 4.78 is 18.9. The summed E-state index contributed by atoms with van der Waals surface area (Å²) in [5.41, 5.74) is 1.04. The molecule has 0 saturated heterocycles. The standard InChI is InChI=1S/C21H18FN3O4/c22-14-5-6-18-13(9-14)11-25(20(27)12-29-18)8-7-23-21(28)16-10-19(26)24-17-4-2-1-3-15(16)17/h1-6,9-10H,7-8,11-12H2,(H,23,28)(H,24,26). The molecule has 1 aromatic heterocycles. The number of hydrogen-bond donors (Lipinski definition) is 2. The number of benzene rings is 2. The van der Waals surface area contributed by atoms with Gasteiger partial charge in [0.05, 0.1) is 5.56 Å². The molecule has 2 N–H and O–H groups in total. The highest BCUT2D eigenvalue weighted by molar-refractivity contribution is 6.05. The number of ether oxygens (including phenoxy) is 1. The molecule has 148 valence electrons. The van der Waals surface area contributed by atoms with Crippen molar-refractivity contribution in [2.45, 2.75) is 6.54 Å². The Kier molecular flexibility index (Phi) is 4.99. The average molecular weight is 395 g/mol. The minimum absolute atomic E-state index is 0.148. The molecule has 8 heteroatoms. The SMILES string of the molecule is O=C(NCCN1Cc2cc(F)ccc2OCC1=O)c1cc(=O)[nH]c2ccccc12. The van der Waals surface area contributed by atoms with Gasteiger partial charge in [0.15, 0.2) is 6.61 Å². The Labute approximate surface area is 165 Å². The Bertz CT molecular complexity index is 1160. The van der Waals surface area contributed by atoms with Gasteiger partial charge in [0.25, 0.3) is 11.8 Å². The summed E-state index contributed by atoms with van der Waals surface area (Å²) >= 11 is 0. The van der Waals surface area contributed by atoms with E-state index in [4.69, 9.17) is 4.74 Å². The second-order valence-corrected chi connectivity index (χ2v) is 6.70. The van der Waals surface area contributed by atoms with E-state index in [9.17, 15) is 18.8 Å². The van der Waals surface area contributed by atoms with Crippen LogP contribution in [0.3, 0.4) is 0 Å². The van der Waals surface area contributed by atoms with E-state index in [1.807, 2.05) is 0 Å². The van der Waals surface area contributed by atoms with Crippen LogP contribution in [0.1, 0.15) is 15.9 Å². The Balaban J connectivity index is 1.45. The number of hydrogen-bond acceptors (Lipinski definition) is 4. The number of amides is 2. The number of fused-ring (bicyclic) bond motifs is 2. The van der Waals surface area contributed by atoms with Gasteiger partial charge in [0.2, 0.25) is 5.56 Å². The van der Waals surface area contributed by atoms with E-state index in [2.05, 4.69) is 10.3 Å². The van der Waals surface area contributed by atoms with Crippen molar-refractivity contribution in [3.63, 3.8) is 0 Å². The van der Waals surface area contributed by atoms with Crippen LogP contribution in [0.25, 0.3) is 10.9 Å². The summed E-state index contributed by atoms with van der Waals surface area (Å²) in [4.78, 5) is 40.9. The summed E-state index contributed by atoms with van der Waals surface area (Å²) in [7, 11) is 0. The number of halogens is 1. The second kappa shape index (κ2) is 7.75. The molecule has 0 fully saturated rings. The number of aromatic nitrogens is 1. The maximum atomic E-state index is 13.5. The van der Waals surface area contributed by atoms with Crippen LogP contribution in [0, 0.1) is 5.82 Å². The molecule has 0 saturated carbocycles. The third-order valence-electron chi connectivity index (χ3n) is 4.75. The molecule has 1 aliphatic heterocycles. The fourth-order valence-electron chi connectivity index (χ4n) is 3.33. The van der Waals surface area contributed by atoms with E-state index in [0.717, 1.165) is 0 Å². The number of rotatable bonds is 4. The van der Waals surface area contributed by atoms with E-state index >= 15 is 0 Å². The number of carbonyl (C=O) groups is 2. The molecule has 3 aromatic rings. The van der Waals surface area contributed by atoms with Gasteiger partial charge in [-0.2, -0.15) is 0 Å². The van der Waals surface area contributed by atoms with E-state index < -0.39 is 11.7 Å². The van der Waals surface area contributed by atoms with E-state index in [0.29, 0.717) is 22.2 Å². The predicted molar refractivity (Wildman–Crippen MR) is 104 cm³/mol. The largest absolute Gasteiger partial charge is 0.483 e. The van der Waals surface area contributed by atoms with Gasteiger partial charge in [-0.1, -0.05) is 18.2 Å². The highest BCUT2D eigenvalue weighted by Gasteiger charge is 2.22. The lowest BCUT2D eigenvalue weighted by Crippen LogP contribution is -2.39. The number of nitrogens with zero attached hydrogens (tertiary/aromatic N) is 1. The van der Waals surface area contributed by atoms with Gasteiger partial charge in [-0.25, -0.2) is 4.39 Å². The van der Waals surface area contributed by atoms with Crippen LogP contribution < -0.4 is 15.6 Å². The topological polar surface area (TPSA) is 91.5 Å². The van der Waals surface area contributed by atoms with E-state index in [1.54, 1.807) is 24.3 Å². The number of H-pyrrole nitrogens is 1. The zero-order chi connectivity index (χ0) is 20.4. The van der Waals surface area contributed by atoms with Gasteiger partial charge < -0.3 is 19.9 Å². The van der Waals surface area contributed by atoms with Crippen molar-refractivity contribution < 1.29 is 18.7 Å². The molecule has 0 radical (unpaired) electrons. The average Bonchev–Trinajstić information content (AvgIpc) is 2.86. The van der Waals surface area contributed by atoms with Gasteiger partial charge in [-0.15, -0.1) is 0 Å². The van der Waals surface area contributed by atoms with Crippen LogP contribution in [-0.4, -0.2) is 41.4 Å². The first kappa shape index (κ1) is 18.7. The van der Waals surface area contributed by atoms with Crippen molar-refractivity contribution in [2.24, 2.45) is 0 Å². The number of carbonyl (C=O) groups excluding carboxylic acids is 2. The Hall–Kier alpha value is -3.68. The first-order valence-electron chi connectivity index (χ1n) is 9.10. The molecule has 0 atom stereocenters. The molecule has 1 aliphatic rings. The third-order valence-corrected chi connectivity index (χ3v) is 4.75. The fourth-order valence-corrected chi connectivity index (χ4v) is 3.33. The van der Waals surface area contributed by atoms with Crippen molar-refractivity contribution in [1.82, 2.24) is 15.2 Å². The first-order valence-corrected chi connectivity index (χ1v) is 9.10.